The van der Waals surface area contributed by atoms with Crippen LogP contribution in [0.25, 0.3) is 65.7 Å². The van der Waals surface area contributed by atoms with Crippen LogP contribution in [0.2, 0.25) is 0 Å². The number of hydrogen-bond acceptors (Lipinski definition) is 2. The van der Waals surface area contributed by atoms with Gasteiger partial charge in [0.05, 0.1) is 0 Å². The normalized spacial score (nSPS) is 11.5. The molecule has 0 bridgehead atoms. The van der Waals surface area contributed by atoms with Crippen LogP contribution in [-0.4, -0.2) is 0 Å². The Balaban J connectivity index is 1.14. The molecule has 9 aromatic rings. The Labute approximate surface area is 267 Å². The molecule has 46 heavy (non-hydrogen) atoms. The maximum Gasteiger partial charge on any atom is 0.143 e. The lowest BCUT2D eigenvalue weighted by Gasteiger charge is -2.26. The summed E-state index contributed by atoms with van der Waals surface area (Å²) in [7, 11) is 0. The van der Waals surface area contributed by atoms with E-state index < -0.39 is 0 Å². The molecular weight excluding hydrogens is 558 g/mol. The van der Waals surface area contributed by atoms with Crippen molar-refractivity contribution in [1.29, 1.82) is 0 Å². The van der Waals surface area contributed by atoms with E-state index in [1.54, 1.807) is 0 Å². The van der Waals surface area contributed by atoms with Gasteiger partial charge in [0, 0.05) is 33.4 Å². The van der Waals surface area contributed by atoms with Crippen LogP contribution in [-0.2, 0) is 0 Å². The van der Waals surface area contributed by atoms with Crippen molar-refractivity contribution < 1.29 is 4.42 Å². The first-order valence-electron chi connectivity index (χ1n) is 15.7. The van der Waals surface area contributed by atoms with E-state index in [1.165, 1.54) is 32.7 Å². The molecule has 0 fully saturated rings. The van der Waals surface area contributed by atoms with Gasteiger partial charge in [0.1, 0.15) is 11.2 Å². The highest BCUT2D eigenvalue weighted by Gasteiger charge is 2.16. The molecule has 8 aromatic carbocycles. The smallest absolute Gasteiger partial charge is 0.143 e. The molecule has 2 nitrogen and oxygen atoms in total. The molecule has 0 aliphatic heterocycles. The van der Waals surface area contributed by atoms with Gasteiger partial charge in [-0.05, 0) is 86.8 Å². The number of hydrogen-bond donors (Lipinski definition) is 0. The van der Waals surface area contributed by atoms with E-state index in [4.69, 9.17) is 4.42 Å². The number of para-hydroxylation sites is 1. The van der Waals surface area contributed by atoms with Crippen molar-refractivity contribution in [3.63, 3.8) is 0 Å². The van der Waals surface area contributed by atoms with Crippen LogP contribution in [0, 0.1) is 0 Å². The van der Waals surface area contributed by atoms with E-state index in [0.717, 1.165) is 50.1 Å². The minimum absolute atomic E-state index is 0.916. The number of furan rings is 1. The fourth-order valence-corrected chi connectivity index (χ4v) is 6.70. The lowest BCUT2D eigenvalue weighted by Crippen LogP contribution is -2.09. The Morgan fingerprint density at radius 1 is 0.348 bits per heavy atom. The van der Waals surface area contributed by atoms with Gasteiger partial charge in [-0.2, -0.15) is 0 Å². The summed E-state index contributed by atoms with van der Waals surface area (Å²) < 4.78 is 6.54. The zero-order chi connectivity index (χ0) is 30.5. The fraction of sp³-hybridized carbons (Fsp3) is 0. The van der Waals surface area contributed by atoms with E-state index in [0.29, 0.717) is 0 Å². The number of fused-ring (bicyclic) bond motifs is 5. The van der Waals surface area contributed by atoms with E-state index in [-0.39, 0.29) is 0 Å². The Kier molecular flexibility index (Phi) is 6.17. The van der Waals surface area contributed by atoms with Crippen LogP contribution < -0.4 is 4.90 Å². The second-order valence-electron chi connectivity index (χ2n) is 11.8. The lowest BCUT2D eigenvalue weighted by atomic mass is 10.0. The van der Waals surface area contributed by atoms with Crippen LogP contribution in [0.4, 0.5) is 17.1 Å². The van der Waals surface area contributed by atoms with Gasteiger partial charge in [0.15, 0.2) is 0 Å². The monoisotopic (exact) mass is 587 g/mol. The Bertz CT molecular complexity index is 2510. The quantitative estimate of drug-likeness (QED) is 0.199. The predicted molar refractivity (Wildman–Crippen MR) is 194 cm³/mol. The largest absolute Gasteiger partial charge is 0.455 e. The predicted octanol–water partition coefficient (Wildman–Crippen LogP) is 12.7. The average Bonchev–Trinajstić information content (AvgIpc) is 3.49. The van der Waals surface area contributed by atoms with E-state index in [2.05, 4.69) is 181 Å². The highest BCUT2D eigenvalue weighted by Crippen LogP contribution is 2.40. The van der Waals surface area contributed by atoms with Crippen molar-refractivity contribution in [2.24, 2.45) is 0 Å². The lowest BCUT2D eigenvalue weighted by molar-refractivity contribution is 0.670. The van der Waals surface area contributed by atoms with Crippen LogP contribution in [0.1, 0.15) is 0 Å². The molecular formula is C44H29NO. The van der Waals surface area contributed by atoms with Crippen molar-refractivity contribution >= 4 is 60.5 Å². The van der Waals surface area contributed by atoms with E-state index in [1.807, 2.05) is 0 Å². The summed E-state index contributed by atoms with van der Waals surface area (Å²) in [6, 6.07) is 62.7. The van der Waals surface area contributed by atoms with Gasteiger partial charge >= 0.3 is 0 Å². The topological polar surface area (TPSA) is 16.4 Å². The summed E-state index contributed by atoms with van der Waals surface area (Å²) >= 11 is 0. The first kappa shape index (κ1) is 26.3. The van der Waals surface area contributed by atoms with Gasteiger partial charge in [-0.3, -0.25) is 0 Å². The number of anilines is 3. The summed E-state index contributed by atoms with van der Waals surface area (Å²) in [5, 5.41) is 7.13. The summed E-state index contributed by atoms with van der Waals surface area (Å²) in [5.74, 6) is 0. The van der Waals surface area contributed by atoms with Crippen LogP contribution >= 0.6 is 0 Å². The maximum atomic E-state index is 6.54. The first-order chi connectivity index (χ1) is 22.8. The van der Waals surface area contributed by atoms with Gasteiger partial charge in [0.25, 0.3) is 0 Å². The summed E-state index contributed by atoms with van der Waals surface area (Å²) in [5.41, 5.74) is 9.77. The minimum Gasteiger partial charge on any atom is -0.455 e. The first-order valence-corrected chi connectivity index (χ1v) is 15.7. The molecule has 0 aliphatic carbocycles. The maximum absolute atomic E-state index is 6.54. The third-order valence-electron chi connectivity index (χ3n) is 9.03. The molecule has 0 spiro atoms. The zero-order valence-corrected chi connectivity index (χ0v) is 25.1. The van der Waals surface area contributed by atoms with Crippen LogP contribution in [0.15, 0.2) is 180 Å². The molecule has 9 rings (SSSR count). The SMILES string of the molecule is c1ccc(-c2ccc(N(c3ccc(-c4cccc5c4oc4cc6ccccc6cc45)cc3)c3ccc4ccccc4c3)cc2)cc1. The molecule has 1 aromatic heterocycles. The molecule has 0 radical (unpaired) electrons. The highest BCUT2D eigenvalue weighted by molar-refractivity contribution is 6.13. The summed E-state index contributed by atoms with van der Waals surface area (Å²) in [6.07, 6.45) is 0. The number of rotatable bonds is 5. The molecule has 0 amide bonds. The van der Waals surface area contributed by atoms with Crippen molar-refractivity contribution in [2.45, 2.75) is 0 Å². The molecule has 0 atom stereocenters. The molecule has 0 saturated heterocycles. The molecule has 1 heterocycles. The van der Waals surface area contributed by atoms with E-state index >= 15 is 0 Å². The Morgan fingerprint density at radius 3 is 1.63 bits per heavy atom. The van der Waals surface area contributed by atoms with Gasteiger partial charge in [-0.15, -0.1) is 0 Å². The van der Waals surface area contributed by atoms with Crippen molar-refractivity contribution in [2.75, 3.05) is 4.90 Å². The molecule has 216 valence electrons. The second kappa shape index (κ2) is 10.8. The highest BCUT2D eigenvalue weighted by atomic mass is 16.3. The third-order valence-corrected chi connectivity index (χ3v) is 9.03. The third kappa shape index (κ3) is 4.51. The van der Waals surface area contributed by atoms with Gasteiger partial charge < -0.3 is 9.32 Å². The molecule has 0 unspecified atom stereocenters. The van der Waals surface area contributed by atoms with Gasteiger partial charge in [0.2, 0.25) is 0 Å². The van der Waals surface area contributed by atoms with E-state index in [9.17, 15) is 0 Å². The second-order valence-corrected chi connectivity index (χ2v) is 11.8. The van der Waals surface area contributed by atoms with Crippen molar-refractivity contribution in [3.8, 4) is 22.3 Å². The zero-order valence-electron chi connectivity index (χ0n) is 25.1. The van der Waals surface area contributed by atoms with Gasteiger partial charge in [-0.1, -0.05) is 127 Å². The van der Waals surface area contributed by atoms with Crippen molar-refractivity contribution in [3.05, 3.63) is 176 Å². The summed E-state index contributed by atoms with van der Waals surface area (Å²) in [4.78, 5) is 2.33. The van der Waals surface area contributed by atoms with Crippen LogP contribution in [0.3, 0.4) is 0 Å². The van der Waals surface area contributed by atoms with Gasteiger partial charge in [-0.25, -0.2) is 0 Å². The molecule has 2 heteroatoms. The van der Waals surface area contributed by atoms with Crippen molar-refractivity contribution in [1.82, 2.24) is 0 Å². The number of benzene rings is 8. The summed E-state index contributed by atoms with van der Waals surface area (Å²) in [6.45, 7) is 0. The standard InChI is InChI=1S/C44H29NO/c1-2-9-30(10-3-1)32-17-22-37(23-18-32)45(39-26-19-31-11-4-5-12-34(31)27-39)38-24-20-33(21-25-38)40-15-8-16-41-42-28-35-13-6-7-14-36(35)29-43(42)46-44(40)41/h1-29H. The molecule has 0 saturated carbocycles. The fourth-order valence-electron chi connectivity index (χ4n) is 6.70. The van der Waals surface area contributed by atoms with Crippen LogP contribution in [0.5, 0.6) is 0 Å². The Hall–Kier alpha value is -6.12. The molecule has 0 aliphatic rings. The minimum atomic E-state index is 0.916. The number of nitrogens with zero attached hydrogens (tertiary/aromatic N) is 1. The molecule has 0 N–H and O–H groups in total. The Morgan fingerprint density at radius 2 is 0.913 bits per heavy atom. The average molecular weight is 588 g/mol.